The molecule has 0 radical (unpaired) electrons. The van der Waals surface area contributed by atoms with E-state index in [1.54, 1.807) is 0 Å². The minimum Gasteiger partial charge on any atom is -0.436 e. The van der Waals surface area contributed by atoms with Crippen molar-refractivity contribution in [1.82, 2.24) is 19.9 Å². The number of aromatic nitrogens is 4. The van der Waals surface area contributed by atoms with Gasteiger partial charge in [0.1, 0.15) is 11.0 Å². The van der Waals surface area contributed by atoms with E-state index in [4.69, 9.17) is 28.8 Å². The molecule has 6 heteroatoms. The summed E-state index contributed by atoms with van der Waals surface area (Å²) in [5, 5.41) is 0. The highest BCUT2D eigenvalue weighted by Crippen LogP contribution is 2.65. The van der Waals surface area contributed by atoms with Crippen molar-refractivity contribution >= 4 is 22.2 Å². The zero-order valence-corrected chi connectivity index (χ0v) is 49.5. The van der Waals surface area contributed by atoms with Gasteiger partial charge in [-0.1, -0.05) is 212 Å². The normalized spacial score (nSPS) is 13.6. The lowest BCUT2D eigenvalue weighted by molar-refractivity contribution is 0.619. The number of benzene rings is 12. The van der Waals surface area contributed by atoms with Gasteiger partial charge in [0.2, 0.25) is 11.8 Å². The summed E-state index contributed by atoms with van der Waals surface area (Å²) in [6.07, 6.45) is 1.83. The molecule has 0 atom stereocenters. The van der Waals surface area contributed by atoms with E-state index in [1.165, 1.54) is 89.0 Å². The van der Waals surface area contributed by atoms with Crippen molar-refractivity contribution in [1.29, 1.82) is 0 Å². The Hall–Kier alpha value is -12.1. The van der Waals surface area contributed by atoms with Crippen LogP contribution in [-0.2, 0) is 10.8 Å². The van der Waals surface area contributed by atoms with Crippen molar-refractivity contribution in [2.45, 2.75) is 10.8 Å². The van der Waals surface area contributed by atoms with Crippen LogP contribution in [0.5, 0.6) is 0 Å². The van der Waals surface area contributed by atoms with E-state index in [0.29, 0.717) is 11.8 Å². The third kappa shape index (κ3) is 7.09. The second-order valence-corrected chi connectivity index (χ2v) is 24.7. The van der Waals surface area contributed by atoms with E-state index in [1.807, 2.05) is 72.9 Å². The molecule has 0 N–H and O–H groups in total. The molecule has 4 aromatic heterocycles. The van der Waals surface area contributed by atoms with Crippen LogP contribution in [0.15, 0.2) is 312 Å². The van der Waals surface area contributed by atoms with E-state index >= 15 is 0 Å². The maximum atomic E-state index is 6.43. The predicted octanol–water partition coefficient (Wildman–Crippen LogP) is 21.1. The van der Waals surface area contributed by atoms with E-state index < -0.39 is 10.8 Å². The summed E-state index contributed by atoms with van der Waals surface area (Å²) >= 11 is 0. The molecule has 12 aromatic carbocycles. The zero-order valence-electron chi connectivity index (χ0n) is 49.5. The molecule has 20 rings (SSSR count). The predicted molar refractivity (Wildman–Crippen MR) is 368 cm³/mol. The molecule has 0 unspecified atom stereocenters. The summed E-state index contributed by atoms with van der Waals surface area (Å²) in [6, 6.07) is 108. The van der Waals surface area contributed by atoms with Gasteiger partial charge in [-0.25, -0.2) is 15.0 Å². The molecule has 4 aliphatic carbocycles. The Bertz CT molecular complexity index is 5620. The first-order chi connectivity index (χ1) is 45.6. The van der Waals surface area contributed by atoms with Gasteiger partial charge < -0.3 is 8.83 Å². The molecule has 0 amide bonds. The maximum Gasteiger partial charge on any atom is 0.227 e. The first-order valence-corrected chi connectivity index (χ1v) is 31.4. The number of pyridine rings is 2. The van der Waals surface area contributed by atoms with Crippen LogP contribution in [0.3, 0.4) is 0 Å². The van der Waals surface area contributed by atoms with E-state index in [-0.39, 0.29) is 0 Å². The van der Waals surface area contributed by atoms with Gasteiger partial charge in [0.05, 0.1) is 27.9 Å². The van der Waals surface area contributed by atoms with Gasteiger partial charge in [-0.2, -0.15) is 0 Å². The summed E-state index contributed by atoms with van der Waals surface area (Å²) in [6.45, 7) is 0. The Labute approximate surface area is 530 Å². The maximum absolute atomic E-state index is 6.43. The summed E-state index contributed by atoms with van der Waals surface area (Å²) in [5.41, 5.74) is 34.3. The number of hydrogen-bond acceptors (Lipinski definition) is 6. The van der Waals surface area contributed by atoms with Crippen LogP contribution in [0.4, 0.5) is 0 Å². The smallest absolute Gasteiger partial charge is 0.227 e. The lowest BCUT2D eigenvalue weighted by Gasteiger charge is -2.31. The Morgan fingerprint density at radius 2 is 0.576 bits per heavy atom. The molecule has 16 aromatic rings. The van der Waals surface area contributed by atoms with Gasteiger partial charge >= 0.3 is 0 Å². The largest absolute Gasteiger partial charge is 0.436 e. The molecule has 0 saturated heterocycles. The molecule has 92 heavy (non-hydrogen) atoms. The van der Waals surface area contributed by atoms with Crippen LogP contribution in [0, 0.1) is 0 Å². The third-order valence-corrected chi connectivity index (χ3v) is 20.1. The van der Waals surface area contributed by atoms with Crippen molar-refractivity contribution < 1.29 is 8.83 Å². The second-order valence-electron chi connectivity index (χ2n) is 24.7. The lowest BCUT2D eigenvalue weighted by atomic mass is 9.70. The van der Waals surface area contributed by atoms with Crippen LogP contribution < -0.4 is 0 Å². The van der Waals surface area contributed by atoms with Crippen LogP contribution in [0.2, 0.25) is 0 Å². The van der Waals surface area contributed by atoms with Crippen LogP contribution in [0.1, 0.15) is 44.5 Å². The number of fused-ring (bicyclic) bond motifs is 22. The Kier molecular flexibility index (Phi) is 10.6. The number of hydrogen-bond donors (Lipinski definition) is 0. The standard InChI is InChI=1S/C86H50N4O2/c1-5-19-68-60(15-1)61-16-2-6-20-69(61)85(68)72-47-55(36-40-64(72)66-42-38-57(49-74(66)85)83-89-78-24-9-11-26-80(78)91-83)51-28-32-53(33-29-51)59-44-45-77(76-23-13-14-46-87-76)88-82(59)54-34-30-52(31-35-54)56-37-41-65-67-43-39-58(84-90-79-25-10-12-27-81(79)92-84)50-75(67)86(73(65)48-56)70-21-7-3-17-62(70)63-18-4-8-22-71(63)86/h1-50H. The summed E-state index contributed by atoms with van der Waals surface area (Å²) in [5.74, 6) is 1.24. The first-order valence-electron chi connectivity index (χ1n) is 31.4. The van der Waals surface area contributed by atoms with Gasteiger partial charge in [0, 0.05) is 28.5 Å². The van der Waals surface area contributed by atoms with Gasteiger partial charge in [-0.15, -0.1) is 0 Å². The highest BCUT2D eigenvalue weighted by atomic mass is 16.4. The number of oxazole rings is 2. The number of para-hydroxylation sites is 4. The molecule has 0 bridgehead atoms. The van der Waals surface area contributed by atoms with Gasteiger partial charge in [0.15, 0.2) is 11.2 Å². The monoisotopic (exact) mass is 1170 g/mol. The molecule has 0 aliphatic heterocycles. The summed E-state index contributed by atoms with van der Waals surface area (Å²) in [7, 11) is 0. The van der Waals surface area contributed by atoms with E-state index in [2.05, 4.69) is 231 Å². The molecule has 6 nitrogen and oxygen atoms in total. The number of nitrogens with zero attached hydrogens (tertiary/aromatic N) is 4. The topological polar surface area (TPSA) is 77.8 Å². The molecular formula is C86H50N4O2. The molecular weight excluding hydrogens is 1120 g/mol. The Balaban J connectivity index is 0.680. The van der Waals surface area contributed by atoms with Crippen LogP contribution in [-0.4, -0.2) is 19.9 Å². The fourth-order valence-corrected chi connectivity index (χ4v) is 16.1. The summed E-state index contributed by atoms with van der Waals surface area (Å²) < 4.78 is 12.9. The molecule has 4 aliphatic rings. The van der Waals surface area contributed by atoms with Crippen molar-refractivity contribution in [2.24, 2.45) is 0 Å². The highest BCUT2D eigenvalue weighted by molar-refractivity contribution is 5.99. The Morgan fingerprint density at radius 1 is 0.228 bits per heavy atom. The van der Waals surface area contributed by atoms with Crippen molar-refractivity contribution in [2.75, 3.05) is 0 Å². The van der Waals surface area contributed by atoms with Crippen molar-refractivity contribution in [3.05, 3.63) is 348 Å². The van der Waals surface area contributed by atoms with Gasteiger partial charge in [-0.3, -0.25) is 4.98 Å². The van der Waals surface area contributed by atoms with Crippen LogP contribution >= 0.6 is 0 Å². The van der Waals surface area contributed by atoms with Gasteiger partial charge in [-0.05, 0) is 202 Å². The second kappa shape index (κ2) is 19.2. The molecule has 426 valence electrons. The Morgan fingerprint density at radius 3 is 1.01 bits per heavy atom. The molecule has 0 fully saturated rings. The SMILES string of the molecule is c1ccc(-c2ccc(-c3ccc(-c4ccc5c(c4)C4(c6ccccc6-c6ccccc64)c4cc(-c6nc7ccccc7o6)ccc4-5)cc3)c(-c3ccc(-c4ccc5c(c4)C4(c6ccccc6-c6ccccc64)c4cc(-c6nc7ccccc7o6)ccc4-5)cc3)n2)nc1. The van der Waals surface area contributed by atoms with E-state index in [0.717, 1.165) is 89.4 Å². The highest BCUT2D eigenvalue weighted by Gasteiger charge is 2.53. The van der Waals surface area contributed by atoms with Crippen molar-refractivity contribution in [3.63, 3.8) is 0 Å². The third-order valence-electron chi connectivity index (χ3n) is 20.1. The first kappa shape index (κ1) is 50.8. The number of rotatable bonds is 7. The average Bonchev–Trinajstić information content (AvgIpc) is 1.52. The van der Waals surface area contributed by atoms with E-state index in [9.17, 15) is 0 Å². The van der Waals surface area contributed by atoms with Crippen molar-refractivity contribution in [3.8, 4) is 123 Å². The molecule has 2 spiro atoms. The van der Waals surface area contributed by atoms with Gasteiger partial charge in [0.25, 0.3) is 0 Å². The average molecular weight is 1170 g/mol. The minimum atomic E-state index is -0.570. The lowest BCUT2D eigenvalue weighted by Crippen LogP contribution is -2.26. The zero-order chi connectivity index (χ0) is 60.2. The van der Waals surface area contributed by atoms with Crippen LogP contribution in [0.25, 0.3) is 146 Å². The molecule has 4 heterocycles. The minimum absolute atomic E-state index is 0.565. The summed E-state index contributed by atoms with van der Waals surface area (Å²) in [4.78, 5) is 20.2. The molecule has 0 saturated carbocycles. The fourth-order valence-electron chi connectivity index (χ4n) is 16.1. The quantitative estimate of drug-likeness (QED) is 0.158. The fraction of sp³-hybridized carbons (Fsp3) is 0.0233.